The monoisotopic (exact) mass is 251 g/mol. The summed E-state index contributed by atoms with van der Waals surface area (Å²) in [5, 5.41) is 9.21. The Hall–Kier alpha value is -2.40. The fourth-order valence-corrected chi connectivity index (χ4v) is 1.86. The fourth-order valence-electron chi connectivity index (χ4n) is 1.86. The van der Waals surface area contributed by atoms with Gasteiger partial charge in [-0.3, -0.25) is 0 Å². The fraction of sp³-hybridized carbons (Fsp3) is 0.118. The summed E-state index contributed by atoms with van der Waals surface area (Å²) < 4.78 is 13.2. The van der Waals surface area contributed by atoms with E-state index in [2.05, 4.69) is 6.07 Å². The second-order valence-electron chi connectivity index (χ2n) is 4.52. The van der Waals surface area contributed by atoms with Crippen molar-refractivity contribution in [1.82, 2.24) is 0 Å². The predicted molar refractivity (Wildman–Crippen MR) is 75.8 cm³/mol. The third-order valence-electron chi connectivity index (χ3n) is 3.10. The molecule has 2 rings (SSSR count). The van der Waals surface area contributed by atoms with Gasteiger partial charge in [0.15, 0.2) is 0 Å². The van der Waals surface area contributed by atoms with Crippen molar-refractivity contribution in [3.05, 3.63) is 70.5 Å². The Morgan fingerprint density at radius 3 is 2.53 bits per heavy atom. The van der Waals surface area contributed by atoms with E-state index in [1.165, 1.54) is 23.3 Å². The first kappa shape index (κ1) is 13.0. The second-order valence-corrected chi connectivity index (χ2v) is 4.52. The molecule has 19 heavy (non-hydrogen) atoms. The Morgan fingerprint density at radius 2 is 1.89 bits per heavy atom. The maximum absolute atomic E-state index is 13.2. The zero-order valence-corrected chi connectivity index (χ0v) is 10.9. The molecule has 0 amide bonds. The van der Waals surface area contributed by atoms with Gasteiger partial charge in [-0.25, -0.2) is 4.39 Å². The minimum Gasteiger partial charge on any atom is -0.207 e. The van der Waals surface area contributed by atoms with Crippen LogP contribution < -0.4 is 0 Å². The normalized spacial score (nSPS) is 11.2. The first-order valence-corrected chi connectivity index (χ1v) is 6.05. The number of rotatable bonds is 2. The molecule has 0 bridgehead atoms. The maximum atomic E-state index is 13.2. The number of nitriles is 1. The van der Waals surface area contributed by atoms with E-state index >= 15 is 0 Å². The quantitative estimate of drug-likeness (QED) is 0.569. The molecule has 0 N–H and O–H groups in total. The van der Waals surface area contributed by atoms with Gasteiger partial charge in [0.05, 0.1) is 11.6 Å². The van der Waals surface area contributed by atoms with Crippen LogP contribution in [-0.2, 0) is 0 Å². The lowest BCUT2D eigenvalue weighted by Crippen LogP contribution is -1.86. The topological polar surface area (TPSA) is 23.8 Å². The molecular formula is C17H14FN. The molecule has 0 aliphatic carbocycles. The van der Waals surface area contributed by atoms with E-state index in [1.54, 1.807) is 18.2 Å². The standard InChI is InChI=1S/C17H14FN/c1-12-6-7-14(8-13(12)2)9-16(11-19)15-4-3-5-17(18)10-15/h3-10H,1-2H3/b16-9-. The zero-order chi connectivity index (χ0) is 13.8. The van der Waals surface area contributed by atoms with E-state index in [0.29, 0.717) is 11.1 Å². The third-order valence-corrected chi connectivity index (χ3v) is 3.10. The first-order valence-electron chi connectivity index (χ1n) is 6.05. The molecule has 0 aliphatic heterocycles. The van der Waals surface area contributed by atoms with Crippen LogP contribution in [0, 0.1) is 31.0 Å². The molecule has 94 valence electrons. The van der Waals surface area contributed by atoms with Crippen LogP contribution in [0.2, 0.25) is 0 Å². The molecule has 0 atom stereocenters. The number of hydrogen-bond acceptors (Lipinski definition) is 1. The van der Waals surface area contributed by atoms with Crippen LogP contribution >= 0.6 is 0 Å². The summed E-state index contributed by atoms with van der Waals surface area (Å²) in [4.78, 5) is 0. The van der Waals surface area contributed by atoms with Gasteiger partial charge < -0.3 is 0 Å². The molecule has 0 aliphatic rings. The van der Waals surface area contributed by atoms with Gasteiger partial charge in [0, 0.05) is 0 Å². The van der Waals surface area contributed by atoms with Crippen molar-refractivity contribution in [3.63, 3.8) is 0 Å². The number of allylic oxidation sites excluding steroid dienone is 1. The first-order chi connectivity index (χ1) is 9.10. The number of halogens is 1. The molecule has 0 fully saturated rings. The average Bonchev–Trinajstić information content (AvgIpc) is 2.40. The van der Waals surface area contributed by atoms with Crippen molar-refractivity contribution in [3.8, 4) is 6.07 Å². The molecule has 2 heteroatoms. The molecule has 0 spiro atoms. The Balaban J connectivity index is 2.44. The van der Waals surface area contributed by atoms with Gasteiger partial charge in [0.1, 0.15) is 5.82 Å². The van der Waals surface area contributed by atoms with Crippen molar-refractivity contribution in [2.45, 2.75) is 13.8 Å². The summed E-state index contributed by atoms with van der Waals surface area (Å²) in [6, 6.07) is 14.2. The van der Waals surface area contributed by atoms with Gasteiger partial charge in [-0.2, -0.15) is 5.26 Å². The van der Waals surface area contributed by atoms with E-state index in [4.69, 9.17) is 0 Å². The molecule has 1 nitrogen and oxygen atoms in total. The summed E-state index contributed by atoms with van der Waals surface area (Å²) in [7, 11) is 0. The van der Waals surface area contributed by atoms with Crippen LogP contribution in [0.1, 0.15) is 22.3 Å². The molecular weight excluding hydrogens is 237 g/mol. The number of nitrogens with zero attached hydrogens (tertiary/aromatic N) is 1. The van der Waals surface area contributed by atoms with Gasteiger partial charge in [-0.05, 0) is 54.3 Å². The number of aryl methyl sites for hydroxylation is 2. The largest absolute Gasteiger partial charge is 0.207 e. The van der Waals surface area contributed by atoms with Crippen molar-refractivity contribution >= 4 is 11.6 Å². The summed E-state index contributed by atoms with van der Waals surface area (Å²) in [5.41, 5.74) is 4.39. The van der Waals surface area contributed by atoms with E-state index in [9.17, 15) is 9.65 Å². The highest BCUT2D eigenvalue weighted by atomic mass is 19.1. The Kier molecular flexibility index (Phi) is 3.77. The minimum absolute atomic E-state index is 0.335. The molecule has 0 aromatic heterocycles. The highest BCUT2D eigenvalue weighted by Crippen LogP contribution is 2.20. The Labute approximate surface area is 112 Å². The summed E-state index contributed by atoms with van der Waals surface area (Å²) >= 11 is 0. The van der Waals surface area contributed by atoms with Crippen LogP contribution in [0.25, 0.3) is 11.6 Å². The lowest BCUT2D eigenvalue weighted by atomic mass is 10.0. The molecule has 0 saturated carbocycles. The highest BCUT2D eigenvalue weighted by Gasteiger charge is 2.03. The molecule has 2 aromatic carbocycles. The van der Waals surface area contributed by atoms with Crippen molar-refractivity contribution in [2.24, 2.45) is 0 Å². The lowest BCUT2D eigenvalue weighted by molar-refractivity contribution is 0.627. The van der Waals surface area contributed by atoms with Crippen LogP contribution in [0.5, 0.6) is 0 Å². The van der Waals surface area contributed by atoms with Gasteiger partial charge in [0.2, 0.25) is 0 Å². The van der Waals surface area contributed by atoms with Gasteiger partial charge in [-0.15, -0.1) is 0 Å². The van der Waals surface area contributed by atoms with Crippen LogP contribution in [0.4, 0.5) is 4.39 Å². The van der Waals surface area contributed by atoms with Crippen LogP contribution in [0.3, 0.4) is 0 Å². The van der Waals surface area contributed by atoms with Crippen molar-refractivity contribution in [1.29, 1.82) is 5.26 Å². The number of hydrogen-bond donors (Lipinski definition) is 0. The molecule has 0 radical (unpaired) electrons. The smallest absolute Gasteiger partial charge is 0.123 e. The van der Waals surface area contributed by atoms with Gasteiger partial charge in [0.25, 0.3) is 0 Å². The Morgan fingerprint density at radius 1 is 1.11 bits per heavy atom. The average molecular weight is 251 g/mol. The van der Waals surface area contributed by atoms with Crippen molar-refractivity contribution < 1.29 is 4.39 Å². The van der Waals surface area contributed by atoms with Gasteiger partial charge in [-0.1, -0.05) is 30.3 Å². The van der Waals surface area contributed by atoms with E-state index < -0.39 is 0 Å². The van der Waals surface area contributed by atoms with Crippen LogP contribution in [0.15, 0.2) is 42.5 Å². The molecule has 0 unspecified atom stereocenters. The summed E-state index contributed by atoms with van der Waals surface area (Å²) in [6.07, 6.45) is 1.78. The van der Waals surface area contributed by atoms with E-state index in [-0.39, 0.29) is 5.82 Å². The minimum atomic E-state index is -0.335. The predicted octanol–water partition coefficient (Wildman–Crippen LogP) is 4.51. The Bertz CT molecular complexity index is 678. The zero-order valence-electron chi connectivity index (χ0n) is 10.9. The summed E-state index contributed by atoms with van der Waals surface area (Å²) in [5.74, 6) is -0.335. The third kappa shape index (κ3) is 3.08. The van der Waals surface area contributed by atoms with Crippen LogP contribution in [-0.4, -0.2) is 0 Å². The molecule has 2 aromatic rings. The van der Waals surface area contributed by atoms with E-state index in [0.717, 1.165) is 5.56 Å². The van der Waals surface area contributed by atoms with Gasteiger partial charge >= 0.3 is 0 Å². The summed E-state index contributed by atoms with van der Waals surface area (Å²) in [6.45, 7) is 4.07. The second kappa shape index (κ2) is 5.49. The van der Waals surface area contributed by atoms with E-state index in [1.807, 2.05) is 32.0 Å². The molecule has 0 heterocycles. The number of benzene rings is 2. The lowest BCUT2D eigenvalue weighted by Gasteiger charge is -2.03. The highest BCUT2D eigenvalue weighted by molar-refractivity contribution is 5.89. The van der Waals surface area contributed by atoms with Crippen molar-refractivity contribution in [2.75, 3.05) is 0 Å². The molecule has 0 saturated heterocycles. The maximum Gasteiger partial charge on any atom is 0.123 e. The SMILES string of the molecule is Cc1ccc(/C=C(/C#N)c2cccc(F)c2)cc1C.